The number of hydrogen-bond donors (Lipinski definition) is 2. The molecule has 328 valence electrons. The summed E-state index contributed by atoms with van der Waals surface area (Å²) in [6.45, 7) is 15.6. The standard InChI is InChI=1S/C46H92N2O7/c1-8-11-13-15-17-19-21-23-25-27-29-31-36-52-39-42(53-37-32-30-28-26-24-22-20-18-16-14-12-9-2)40-54-44(50)47-35-33-43(49)48-41-45(4,5)55-38-34-46(6,10-3)51-7/h42H,8-41H2,1-7H3,(H,47,50)(H,48,49). The van der Waals surface area contributed by atoms with Gasteiger partial charge in [0.2, 0.25) is 5.91 Å². The van der Waals surface area contributed by atoms with Crippen LogP contribution in [0.3, 0.4) is 0 Å². The van der Waals surface area contributed by atoms with E-state index >= 15 is 0 Å². The molecule has 2 atom stereocenters. The summed E-state index contributed by atoms with van der Waals surface area (Å²) in [6, 6.07) is 0. The van der Waals surface area contributed by atoms with Crippen LogP contribution in [0.2, 0.25) is 0 Å². The number of methoxy groups -OCH3 is 1. The molecule has 2 unspecified atom stereocenters. The summed E-state index contributed by atoms with van der Waals surface area (Å²) in [5.41, 5.74) is -0.724. The van der Waals surface area contributed by atoms with E-state index in [0.717, 1.165) is 32.1 Å². The van der Waals surface area contributed by atoms with Gasteiger partial charge in [0.1, 0.15) is 12.7 Å². The Morgan fingerprint density at radius 3 is 1.53 bits per heavy atom. The van der Waals surface area contributed by atoms with Gasteiger partial charge in [-0.2, -0.15) is 0 Å². The Morgan fingerprint density at radius 1 is 0.582 bits per heavy atom. The van der Waals surface area contributed by atoms with Crippen LogP contribution >= 0.6 is 0 Å². The van der Waals surface area contributed by atoms with Crippen molar-refractivity contribution in [2.75, 3.05) is 53.2 Å². The highest BCUT2D eigenvalue weighted by atomic mass is 16.6. The van der Waals surface area contributed by atoms with Crippen molar-refractivity contribution in [3.63, 3.8) is 0 Å². The van der Waals surface area contributed by atoms with Gasteiger partial charge < -0.3 is 34.3 Å². The molecule has 55 heavy (non-hydrogen) atoms. The molecule has 0 saturated heterocycles. The number of amides is 2. The minimum absolute atomic E-state index is 0.125. The summed E-state index contributed by atoms with van der Waals surface area (Å²) in [5.74, 6) is -0.151. The minimum atomic E-state index is -0.548. The number of carbonyl (C=O) groups excluding carboxylic acids is 2. The number of alkyl carbamates (subject to hydrolysis) is 1. The molecular formula is C46H92N2O7. The second kappa shape index (κ2) is 38.1. The average Bonchev–Trinajstić information content (AvgIpc) is 3.17. The third kappa shape index (κ3) is 36.7. The van der Waals surface area contributed by atoms with Crippen LogP contribution < -0.4 is 10.6 Å². The number of unbranched alkanes of at least 4 members (excludes halogenated alkanes) is 22. The second-order valence-corrected chi connectivity index (χ2v) is 16.8. The van der Waals surface area contributed by atoms with Crippen LogP contribution in [0.5, 0.6) is 0 Å². The van der Waals surface area contributed by atoms with E-state index in [9.17, 15) is 9.59 Å². The highest BCUT2D eigenvalue weighted by Crippen LogP contribution is 2.20. The maximum Gasteiger partial charge on any atom is 0.407 e. The molecule has 9 nitrogen and oxygen atoms in total. The van der Waals surface area contributed by atoms with Gasteiger partial charge in [-0.3, -0.25) is 4.79 Å². The summed E-state index contributed by atoms with van der Waals surface area (Å²) >= 11 is 0. The van der Waals surface area contributed by atoms with Gasteiger partial charge in [-0.15, -0.1) is 0 Å². The molecule has 2 amide bonds. The lowest BCUT2D eigenvalue weighted by molar-refractivity contribution is -0.123. The van der Waals surface area contributed by atoms with Crippen LogP contribution in [0, 0.1) is 0 Å². The normalized spacial score (nSPS) is 13.4. The quantitative estimate of drug-likeness (QED) is 0.0594. The Balaban J connectivity index is 4.37. The highest BCUT2D eigenvalue weighted by Gasteiger charge is 2.24. The third-order valence-electron chi connectivity index (χ3n) is 10.9. The fourth-order valence-corrected chi connectivity index (χ4v) is 6.51. The maximum absolute atomic E-state index is 12.5. The zero-order chi connectivity index (χ0) is 40.7. The molecule has 0 aliphatic heterocycles. The summed E-state index contributed by atoms with van der Waals surface area (Å²) in [4.78, 5) is 25.0. The van der Waals surface area contributed by atoms with Gasteiger partial charge in [-0.25, -0.2) is 4.79 Å². The van der Waals surface area contributed by atoms with Gasteiger partial charge in [-0.05, 0) is 46.5 Å². The van der Waals surface area contributed by atoms with Crippen LogP contribution in [-0.2, 0) is 28.5 Å². The highest BCUT2D eigenvalue weighted by molar-refractivity contribution is 5.77. The van der Waals surface area contributed by atoms with Crippen molar-refractivity contribution in [1.29, 1.82) is 0 Å². The Kier molecular flexibility index (Phi) is 37.1. The molecule has 0 aromatic rings. The van der Waals surface area contributed by atoms with E-state index in [1.165, 1.54) is 135 Å². The summed E-state index contributed by atoms with van der Waals surface area (Å²) in [6.07, 6.45) is 32.4. The van der Waals surface area contributed by atoms with Gasteiger partial charge in [-0.1, -0.05) is 162 Å². The van der Waals surface area contributed by atoms with Crippen molar-refractivity contribution in [3.05, 3.63) is 0 Å². The second-order valence-electron chi connectivity index (χ2n) is 16.8. The Hall–Kier alpha value is -1.42. The van der Waals surface area contributed by atoms with E-state index < -0.39 is 11.7 Å². The average molecular weight is 785 g/mol. The number of nitrogens with one attached hydrogen (secondary N) is 2. The molecule has 9 heteroatoms. The predicted octanol–water partition coefficient (Wildman–Crippen LogP) is 12.0. The zero-order valence-electron chi connectivity index (χ0n) is 37.5. The largest absolute Gasteiger partial charge is 0.447 e. The molecule has 0 aliphatic carbocycles. The van der Waals surface area contributed by atoms with Crippen molar-refractivity contribution < 1.29 is 33.3 Å². The van der Waals surface area contributed by atoms with Gasteiger partial charge in [0.25, 0.3) is 0 Å². The third-order valence-corrected chi connectivity index (χ3v) is 10.9. The maximum atomic E-state index is 12.5. The topological polar surface area (TPSA) is 104 Å². The van der Waals surface area contributed by atoms with Crippen LogP contribution in [0.15, 0.2) is 0 Å². The van der Waals surface area contributed by atoms with E-state index in [1.807, 2.05) is 13.8 Å². The first-order valence-electron chi connectivity index (χ1n) is 23.2. The fourth-order valence-electron chi connectivity index (χ4n) is 6.51. The number of ether oxygens (including phenoxy) is 5. The first kappa shape index (κ1) is 53.6. The first-order chi connectivity index (χ1) is 26.6. The van der Waals surface area contributed by atoms with Crippen LogP contribution in [-0.4, -0.2) is 82.5 Å². The molecule has 0 heterocycles. The van der Waals surface area contributed by atoms with Crippen LogP contribution in [0.4, 0.5) is 4.79 Å². The molecule has 2 N–H and O–H groups in total. The van der Waals surface area contributed by atoms with Gasteiger partial charge in [0, 0.05) is 39.8 Å². The monoisotopic (exact) mass is 785 g/mol. The minimum Gasteiger partial charge on any atom is -0.447 e. The Bertz CT molecular complexity index is 852. The smallest absolute Gasteiger partial charge is 0.407 e. The Labute approximate surface area is 340 Å². The zero-order valence-corrected chi connectivity index (χ0v) is 37.5. The molecular weight excluding hydrogens is 693 g/mol. The summed E-state index contributed by atoms with van der Waals surface area (Å²) < 4.78 is 29.3. The molecule has 0 spiro atoms. The van der Waals surface area contributed by atoms with Gasteiger partial charge in [0.15, 0.2) is 0 Å². The van der Waals surface area contributed by atoms with E-state index in [2.05, 4.69) is 38.3 Å². The number of rotatable bonds is 42. The van der Waals surface area contributed by atoms with Crippen molar-refractivity contribution in [2.24, 2.45) is 0 Å². The van der Waals surface area contributed by atoms with Crippen molar-refractivity contribution in [2.45, 2.75) is 232 Å². The molecule has 0 bridgehead atoms. The number of hydrogen-bond acceptors (Lipinski definition) is 7. The predicted molar refractivity (Wildman–Crippen MR) is 230 cm³/mol. The molecule has 0 aliphatic rings. The van der Waals surface area contributed by atoms with E-state index in [1.54, 1.807) is 7.11 Å². The van der Waals surface area contributed by atoms with Gasteiger partial charge >= 0.3 is 6.09 Å². The Morgan fingerprint density at radius 2 is 1.05 bits per heavy atom. The van der Waals surface area contributed by atoms with Gasteiger partial charge in [0.05, 0.1) is 24.4 Å². The van der Waals surface area contributed by atoms with Crippen molar-refractivity contribution >= 4 is 12.0 Å². The fraction of sp³-hybridized carbons (Fsp3) is 0.957. The van der Waals surface area contributed by atoms with Crippen molar-refractivity contribution in [1.82, 2.24) is 10.6 Å². The van der Waals surface area contributed by atoms with E-state index in [0.29, 0.717) is 33.0 Å². The molecule has 0 aromatic carbocycles. The van der Waals surface area contributed by atoms with Crippen LogP contribution in [0.25, 0.3) is 0 Å². The van der Waals surface area contributed by atoms with Crippen molar-refractivity contribution in [3.8, 4) is 0 Å². The molecule has 0 rings (SSSR count). The summed E-state index contributed by atoms with van der Waals surface area (Å²) in [7, 11) is 1.72. The molecule has 0 radical (unpaired) electrons. The lowest BCUT2D eigenvalue weighted by Gasteiger charge is -2.30. The molecule has 0 fully saturated rings. The van der Waals surface area contributed by atoms with E-state index in [4.69, 9.17) is 23.7 Å². The van der Waals surface area contributed by atoms with E-state index in [-0.39, 0.29) is 37.2 Å². The molecule has 0 aromatic heterocycles. The van der Waals surface area contributed by atoms with Crippen LogP contribution in [0.1, 0.15) is 215 Å². The molecule has 0 saturated carbocycles. The lowest BCUT2D eigenvalue weighted by Crippen LogP contribution is -2.42. The SMILES string of the molecule is CCCCCCCCCCCCCCOCC(COC(=O)NCCC(=O)NCC(C)(C)OCCC(C)(CC)OC)OCCCCCCCCCCCCCC. The summed E-state index contributed by atoms with van der Waals surface area (Å²) in [5, 5.41) is 5.62. The first-order valence-corrected chi connectivity index (χ1v) is 23.2. The lowest BCUT2D eigenvalue weighted by atomic mass is 9.99. The number of carbonyl (C=O) groups is 2.